The molecule has 106 valence electrons. The highest BCUT2D eigenvalue weighted by Crippen LogP contribution is 2.31. The Morgan fingerprint density at radius 1 is 1.21 bits per heavy atom. The lowest BCUT2D eigenvalue weighted by Crippen LogP contribution is -2.37. The van der Waals surface area contributed by atoms with E-state index in [2.05, 4.69) is 10.6 Å². The van der Waals surface area contributed by atoms with Gasteiger partial charge in [-0.3, -0.25) is 0 Å². The minimum atomic E-state index is -4.34. The third-order valence-corrected chi connectivity index (χ3v) is 2.72. The first-order valence-corrected chi connectivity index (χ1v) is 6.38. The molecule has 0 spiro atoms. The molecule has 0 fully saturated rings. The highest BCUT2D eigenvalue weighted by atomic mass is 32.1. The van der Waals surface area contributed by atoms with Gasteiger partial charge in [-0.2, -0.15) is 13.2 Å². The van der Waals surface area contributed by atoms with Gasteiger partial charge in [0.25, 0.3) is 0 Å². The summed E-state index contributed by atoms with van der Waals surface area (Å²) in [4.78, 5) is 0. The van der Waals surface area contributed by atoms with Gasteiger partial charge in [-0.25, -0.2) is 0 Å². The summed E-state index contributed by atoms with van der Waals surface area (Å²) in [6.45, 7) is 4.79. The van der Waals surface area contributed by atoms with Crippen LogP contribution in [0.25, 0.3) is 0 Å². The average Bonchev–Trinajstić information content (AvgIpc) is 2.33. The van der Waals surface area contributed by atoms with Crippen LogP contribution < -0.4 is 10.6 Å². The average molecular weight is 290 g/mol. The number of hydrogen-bond acceptors (Lipinski definition) is 1. The number of benzene rings is 1. The van der Waals surface area contributed by atoms with Crippen LogP contribution in [-0.2, 0) is 12.7 Å². The van der Waals surface area contributed by atoms with Crippen LogP contribution in [0.3, 0.4) is 0 Å². The van der Waals surface area contributed by atoms with E-state index in [0.717, 1.165) is 6.07 Å². The monoisotopic (exact) mass is 290 g/mol. The van der Waals surface area contributed by atoms with Gasteiger partial charge in [-0.05, 0) is 29.8 Å². The summed E-state index contributed by atoms with van der Waals surface area (Å²) in [7, 11) is 0. The van der Waals surface area contributed by atoms with E-state index in [1.165, 1.54) is 12.1 Å². The molecular weight excluding hydrogens is 273 g/mol. The van der Waals surface area contributed by atoms with Crippen molar-refractivity contribution in [1.82, 2.24) is 10.6 Å². The van der Waals surface area contributed by atoms with Gasteiger partial charge in [0.15, 0.2) is 5.11 Å². The second-order valence-corrected chi connectivity index (χ2v) is 5.02. The van der Waals surface area contributed by atoms with Gasteiger partial charge in [0.2, 0.25) is 0 Å². The van der Waals surface area contributed by atoms with Crippen LogP contribution in [0, 0.1) is 5.92 Å². The van der Waals surface area contributed by atoms with Crippen LogP contribution >= 0.6 is 12.2 Å². The van der Waals surface area contributed by atoms with Crippen molar-refractivity contribution in [2.45, 2.75) is 26.6 Å². The molecule has 1 rings (SSSR count). The van der Waals surface area contributed by atoms with E-state index >= 15 is 0 Å². The first-order chi connectivity index (χ1) is 8.80. The van der Waals surface area contributed by atoms with Crippen LogP contribution in [0.5, 0.6) is 0 Å². The van der Waals surface area contributed by atoms with Crippen molar-refractivity contribution in [3.05, 3.63) is 35.4 Å². The van der Waals surface area contributed by atoms with E-state index in [4.69, 9.17) is 12.2 Å². The Balaban J connectivity index is 2.61. The smallest absolute Gasteiger partial charge is 0.362 e. The molecule has 2 N–H and O–H groups in total. The Morgan fingerprint density at radius 2 is 1.84 bits per heavy atom. The van der Waals surface area contributed by atoms with E-state index in [0.29, 0.717) is 17.6 Å². The zero-order chi connectivity index (χ0) is 14.5. The molecule has 0 heterocycles. The lowest BCUT2D eigenvalue weighted by Gasteiger charge is -2.15. The summed E-state index contributed by atoms with van der Waals surface area (Å²) in [5.74, 6) is 0.419. The second kappa shape index (κ2) is 6.75. The zero-order valence-electron chi connectivity index (χ0n) is 10.8. The predicted molar refractivity (Wildman–Crippen MR) is 73.7 cm³/mol. The van der Waals surface area contributed by atoms with Gasteiger partial charge in [-0.1, -0.05) is 32.0 Å². The fraction of sp³-hybridized carbons (Fsp3) is 0.462. The summed E-state index contributed by atoms with van der Waals surface area (Å²) in [5, 5.41) is 6.10. The standard InChI is InChI=1S/C13H17F3N2S/c1-9(2)7-17-12(19)18-8-10-5-3-4-6-11(10)13(14,15)16/h3-6,9H,7-8H2,1-2H3,(H2,17,18,19). The topological polar surface area (TPSA) is 24.1 Å². The highest BCUT2D eigenvalue weighted by Gasteiger charge is 2.32. The third-order valence-electron chi connectivity index (χ3n) is 2.43. The molecule has 0 saturated heterocycles. The Hall–Kier alpha value is -1.30. The van der Waals surface area contributed by atoms with Gasteiger partial charge < -0.3 is 10.6 Å². The van der Waals surface area contributed by atoms with Gasteiger partial charge in [0, 0.05) is 13.1 Å². The molecular formula is C13H17F3N2S. The van der Waals surface area contributed by atoms with E-state index < -0.39 is 11.7 Å². The van der Waals surface area contributed by atoms with Gasteiger partial charge in [0.05, 0.1) is 5.56 Å². The first kappa shape index (κ1) is 15.8. The number of rotatable bonds is 4. The predicted octanol–water partition coefficient (Wildman–Crippen LogP) is 3.33. The highest BCUT2D eigenvalue weighted by molar-refractivity contribution is 7.80. The van der Waals surface area contributed by atoms with Crippen molar-refractivity contribution in [3.63, 3.8) is 0 Å². The van der Waals surface area contributed by atoms with Gasteiger partial charge in [0.1, 0.15) is 0 Å². The SMILES string of the molecule is CC(C)CNC(=S)NCc1ccccc1C(F)(F)F. The quantitative estimate of drug-likeness (QED) is 0.832. The molecule has 0 aliphatic carbocycles. The number of hydrogen-bond donors (Lipinski definition) is 2. The molecule has 0 aliphatic heterocycles. The lowest BCUT2D eigenvalue weighted by atomic mass is 10.1. The maximum atomic E-state index is 12.8. The summed E-state index contributed by atoms with van der Waals surface area (Å²) in [6.07, 6.45) is -4.34. The maximum absolute atomic E-state index is 12.8. The minimum Gasteiger partial charge on any atom is -0.362 e. The van der Waals surface area contributed by atoms with Crippen LogP contribution in [0.1, 0.15) is 25.0 Å². The van der Waals surface area contributed by atoms with Crippen molar-refractivity contribution in [1.29, 1.82) is 0 Å². The molecule has 0 unspecified atom stereocenters. The molecule has 1 aromatic carbocycles. The van der Waals surface area contributed by atoms with E-state index in [1.807, 2.05) is 13.8 Å². The Morgan fingerprint density at radius 3 is 2.42 bits per heavy atom. The third kappa shape index (κ3) is 5.46. The molecule has 19 heavy (non-hydrogen) atoms. The molecule has 0 saturated carbocycles. The van der Waals surface area contributed by atoms with E-state index in [1.54, 1.807) is 6.07 Å². The zero-order valence-corrected chi connectivity index (χ0v) is 11.7. The largest absolute Gasteiger partial charge is 0.416 e. The molecule has 0 amide bonds. The summed E-state index contributed by atoms with van der Waals surface area (Å²) >= 11 is 5.00. The molecule has 6 heteroatoms. The number of alkyl halides is 3. The van der Waals surface area contributed by atoms with Gasteiger partial charge in [-0.15, -0.1) is 0 Å². The molecule has 2 nitrogen and oxygen atoms in total. The number of halogens is 3. The minimum absolute atomic E-state index is 0.0552. The van der Waals surface area contributed by atoms with E-state index in [9.17, 15) is 13.2 Å². The summed E-state index contributed by atoms with van der Waals surface area (Å²) in [6, 6.07) is 5.47. The summed E-state index contributed by atoms with van der Waals surface area (Å²) in [5.41, 5.74) is -0.446. The first-order valence-electron chi connectivity index (χ1n) is 5.97. The van der Waals surface area contributed by atoms with Crippen LogP contribution in [0.2, 0.25) is 0 Å². The molecule has 0 bridgehead atoms. The molecule has 0 radical (unpaired) electrons. The van der Waals surface area contributed by atoms with Crippen LogP contribution in [-0.4, -0.2) is 11.7 Å². The van der Waals surface area contributed by atoms with Gasteiger partial charge >= 0.3 is 6.18 Å². The normalized spacial score (nSPS) is 11.5. The van der Waals surface area contributed by atoms with Crippen molar-refractivity contribution in [3.8, 4) is 0 Å². The molecule has 1 aromatic rings. The Labute approximate surface area is 116 Å². The Kier molecular flexibility index (Phi) is 5.60. The molecule has 0 aromatic heterocycles. The lowest BCUT2D eigenvalue weighted by molar-refractivity contribution is -0.138. The number of nitrogens with one attached hydrogen (secondary N) is 2. The van der Waals surface area contributed by atoms with Crippen LogP contribution in [0.4, 0.5) is 13.2 Å². The fourth-order valence-electron chi connectivity index (χ4n) is 1.49. The maximum Gasteiger partial charge on any atom is 0.416 e. The van der Waals surface area contributed by atoms with Crippen molar-refractivity contribution < 1.29 is 13.2 Å². The second-order valence-electron chi connectivity index (χ2n) is 4.61. The molecule has 0 atom stereocenters. The molecule has 0 aliphatic rings. The summed E-state index contributed by atoms with van der Waals surface area (Å²) < 4.78 is 38.3. The van der Waals surface area contributed by atoms with E-state index in [-0.39, 0.29) is 12.1 Å². The van der Waals surface area contributed by atoms with Crippen molar-refractivity contribution >= 4 is 17.3 Å². The fourth-order valence-corrected chi connectivity index (χ4v) is 1.64. The van der Waals surface area contributed by atoms with Crippen molar-refractivity contribution in [2.75, 3.05) is 6.54 Å². The Bertz CT molecular complexity index is 430. The number of thiocarbonyl (C=S) groups is 1. The van der Waals surface area contributed by atoms with Crippen molar-refractivity contribution in [2.24, 2.45) is 5.92 Å². The van der Waals surface area contributed by atoms with Crippen LogP contribution in [0.15, 0.2) is 24.3 Å².